The molecule has 8 heterocycles. The molecular weight excluding hydrogens is 761 g/mol. The van der Waals surface area contributed by atoms with Crippen LogP contribution < -0.4 is 0 Å². The van der Waals surface area contributed by atoms with E-state index in [2.05, 4.69) is 40.9 Å². The molecule has 10 fully saturated rings. The van der Waals surface area contributed by atoms with Gasteiger partial charge in [0.05, 0.1) is 17.1 Å². The van der Waals surface area contributed by atoms with Gasteiger partial charge in [0.25, 0.3) is 0 Å². The summed E-state index contributed by atoms with van der Waals surface area (Å²) >= 11 is 0. The van der Waals surface area contributed by atoms with Gasteiger partial charge in [0.2, 0.25) is 11.6 Å². The summed E-state index contributed by atoms with van der Waals surface area (Å²) in [5, 5.41) is 0. The average molecular weight is 825 g/mol. The minimum absolute atomic E-state index is 0.108. The molecule has 0 unspecified atom stereocenters. The second-order valence-electron chi connectivity index (χ2n) is 20.1. The number of ether oxygens (including phenoxy) is 4. The fourth-order valence-electron chi connectivity index (χ4n) is 13.0. The molecule has 0 aromatic heterocycles. The molecule has 2 aliphatic carbocycles. The van der Waals surface area contributed by atoms with Gasteiger partial charge in [-0.1, -0.05) is 64.1 Å². The van der Waals surface area contributed by atoms with Crippen molar-refractivity contribution in [1.82, 2.24) is 0 Å². The van der Waals surface area contributed by atoms with Crippen LogP contribution in [-0.2, 0) is 48.3 Å². The molecule has 1 aromatic rings. The summed E-state index contributed by atoms with van der Waals surface area (Å²) in [4.78, 5) is 39.3. The first-order valence-corrected chi connectivity index (χ1v) is 23.9. The van der Waals surface area contributed by atoms with Crippen molar-refractivity contribution < 1.29 is 51.7 Å². The minimum Gasteiger partial charge on any atom is -0.346 e. The maximum absolute atomic E-state index is 14.2. The largest absolute Gasteiger partial charge is 0.346 e. The minimum atomic E-state index is -3.42. The molecule has 8 aliphatic heterocycles. The number of ketones is 1. The summed E-state index contributed by atoms with van der Waals surface area (Å²) in [6.07, 6.45) is 8.28. The predicted molar refractivity (Wildman–Crippen MR) is 213 cm³/mol. The zero-order valence-electron chi connectivity index (χ0n) is 35.4. The molecule has 2 saturated carbocycles. The van der Waals surface area contributed by atoms with Gasteiger partial charge in [0.1, 0.15) is 0 Å². The monoisotopic (exact) mass is 824 g/mol. The summed E-state index contributed by atoms with van der Waals surface area (Å²) in [5.74, 6) is -0.276. The molecule has 320 valence electrons. The van der Waals surface area contributed by atoms with Gasteiger partial charge in [-0.25, -0.2) is 28.0 Å². The van der Waals surface area contributed by atoms with E-state index in [4.69, 9.17) is 38.5 Å². The van der Waals surface area contributed by atoms with Crippen molar-refractivity contribution in [3.63, 3.8) is 0 Å². The smallest absolute Gasteiger partial charge is 0.201 e. The molecule has 1 aromatic carbocycles. The predicted octanol–water partition coefficient (Wildman–Crippen LogP) is 8.67. The van der Waals surface area contributed by atoms with Crippen LogP contribution in [0.3, 0.4) is 0 Å². The number of benzene rings is 1. The van der Waals surface area contributed by atoms with Gasteiger partial charge in [-0.15, -0.1) is 0 Å². The van der Waals surface area contributed by atoms with Crippen molar-refractivity contribution in [3.05, 3.63) is 54.1 Å². The standard InChI is InChI=1S/C46H64O11S/c1-25-10-16-36-29(5)39(50-41-45(36)34(25)18-20-43(7,52-41)54-56-45)22-27(3)33(24-38(47)31-12-14-32(15-13-31)58(9,48)49)28(4)23-40-30(6)37-17-11-26(2)35-19-21-44(8)53-42(51-40)46(35,37)57-55-44/h12-15,25-26,29-30,33-37,39-42H,3-4,10-11,16-24H2,1-2,5-9H3/t25-,26-,29-,30-,34+,35+,36+,37+,39-,40-,41-,42-,43+,44+,45-,46-/m1/s1. The lowest BCUT2D eigenvalue weighted by Gasteiger charge is -2.60. The van der Waals surface area contributed by atoms with Crippen LogP contribution in [0.1, 0.15) is 123 Å². The topological polar surface area (TPSA) is 125 Å². The van der Waals surface area contributed by atoms with Gasteiger partial charge < -0.3 is 18.9 Å². The molecule has 0 radical (unpaired) electrons. The summed E-state index contributed by atoms with van der Waals surface area (Å²) in [6.45, 7) is 22.4. The molecule has 11 rings (SSSR count). The summed E-state index contributed by atoms with van der Waals surface area (Å²) in [6, 6.07) is 6.19. The molecule has 12 heteroatoms. The first-order valence-electron chi connectivity index (χ1n) is 22.0. The van der Waals surface area contributed by atoms with Crippen molar-refractivity contribution >= 4 is 15.6 Å². The number of hydrogen-bond acceptors (Lipinski definition) is 11. The Balaban J connectivity index is 0.988. The van der Waals surface area contributed by atoms with Crippen molar-refractivity contribution in [1.29, 1.82) is 0 Å². The molecule has 11 nitrogen and oxygen atoms in total. The first kappa shape index (κ1) is 41.4. The van der Waals surface area contributed by atoms with Crippen molar-refractivity contribution in [2.45, 2.75) is 165 Å². The van der Waals surface area contributed by atoms with Crippen LogP contribution in [0.4, 0.5) is 0 Å². The normalized spacial score (nSPS) is 46.8. The Morgan fingerprint density at radius 2 is 1.14 bits per heavy atom. The van der Waals surface area contributed by atoms with E-state index < -0.39 is 51.1 Å². The highest BCUT2D eigenvalue weighted by atomic mass is 32.2. The highest BCUT2D eigenvalue weighted by Gasteiger charge is 2.71. The van der Waals surface area contributed by atoms with E-state index in [0.29, 0.717) is 30.2 Å². The molecule has 2 spiro atoms. The van der Waals surface area contributed by atoms with Crippen molar-refractivity contribution in [2.75, 3.05) is 6.26 Å². The zero-order chi connectivity index (χ0) is 41.2. The average Bonchev–Trinajstić information content (AvgIpc) is 3.55. The van der Waals surface area contributed by atoms with Gasteiger partial charge in [0.15, 0.2) is 39.4 Å². The van der Waals surface area contributed by atoms with E-state index in [0.717, 1.165) is 68.8 Å². The van der Waals surface area contributed by atoms with Gasteiger partial charge in [-0.05, 0) is 113 Å². The Morgan fingerprint density at radius 3 is 1.57 bits per heavy atom. The molecule has 0 N–H and O–H groups in total. The van der Waals surface area contributed by atoms with Gasteiger partial charge in [0, 0.05) is 48.8 Å². The highest BCUT2D eigenvalue weighted by molar-refractivity contribution is 7.90. The third-order valence-corrected chi connectivity index (χ3v) is 17.6. The van der Waals surface area contributed by atoms with Gasteiger partial charge >= 0.3 is 0 Å². The third-order valence-electron chi connectivity index (χ3n) is 16.5. The molecule has 4 bridgehead atoms. The van der Waals surface area contributed by atoms with E-state index in [-0.39, 0.29) is 64.8 Å². The maximum Gasteiger partial charge on any atom is 0.201 e. The highest BCUT2D eigenvalue weighted by Crippen LogP contribution is 2.63. The molecule has 10 aliphatic rings. The Hall–Kier alpha value is -2.00. The number of sulfone groups is 1. The second-order valence-corrected chi connectivity index (χ2v) is 22.1. The fourth-order valence-corrected chi connectivity index (χ4v) is 13.6. The Bertz CT molecular complexity index is 1820. The second kappa shape index (κ2) is 14.5. The van der Waals surface area contributed by atoms with Crippen LogP contribution in [-0.4, -0.2) is 68.0 Å². The number of carbonyl (C=O) groups is 1. The molecule has 58 heavy (non-hydrogen) atoms. The summed E-state index contributed by atoms with van der Waals surface area (Å²) in [5.41, 5.74) is 0.826. The van der Waals surface area contributed by atoms with E-state index in [9.17, 15) is 13.2 Å². The van der Waals surface area contributed by atoms with Crippen molar-refractivity contribution in [3.8, 4) is 0 Å². The van der Waals surface area contributed by atoms with E-state index in [1.54, 1.807) is 12.1 Å². The van der Waals surface area contributed by atoms with Gasteiger partial charge in [-0.2, -0.15) is 0 Å². The Morgan fingerprint density at radius 1 is 0.690 bits per heavy atom. The van der Waals surface area contributed by atoms with E-state index in [1.165, 1.54) is 12.1 Å². The quantitative estimate of drug-likeness (QED) is 0.128. The summed E-state index contributed by atoms with van der Waals surface area (Å²) in [7, 11) is -3.42. The molecule has 16 atom stereocenters. The number of Topliss-reactive ketones (excluding diaryl/α,β-unsaturated/α-hetero) is 1. The SMILES string of the molecule is C=C(C[C@H]1O[C@@H]2O[C@]3(C)CC[C@H]4[C@H](C)CC[C@@H]([C@H]1C)[C@@]24OO3)C(CC(=O)c1ccc(S(C)(=O)=O)cc1)C(=C)C[C@H]1O[C@@H]2O[C@]3(C)CC[C@H]4[C@H](C)CC[C@@H]([C@H]1C)[C@@]24OO3. The van der Waals surface area contributed by atoms with E-state index in [1.807, 2.05) is 13.8 Å². The first-order chi connectivity index (χ1) is 27.4. The van der Waals surface area contributed by atoms with E-state index >= 15 is 0 Å². The van der Waals surface area contributed by atoms with Crippen LogP contribution in [0.5, 0.6) is 0 Å². The number of fused-ring (bicyclic) bond motifs is 4. The number of carbonyl (C=O) groups excluding carboxylic acids is 1. The number of rotatable bonds is 10. The van der Waals surface area contributed by atoms with Crippen LogP contribution >= 0.6 is 0 Å². The van der Waals surface area contributed by atoms with Crippen molar-refractivity contribution in [2.24, 2.45) is 53.3 Å². The summed E-state index contributed by atoms with van der Waals surface area (Å²) < 4.78 is 51.8. The molecule has 8 saturated heterocycles. The van der Waals surface area contributed by atoms with Gasteiger partial charge in [-0.3, -0.25) is 4.79 Å². The van der Waals surface area contributed by atoms with Crippen LogP contribution in [0, 0.1) is 53.3 Å². The van der Waals surface area contributed by atoms with Crippen LogP contribution in [0.25, 0.3) is 0 Å². The Kier molecular flexibility index (Phi) is 10.4. The van der Waals surface area contributed by atoms with Crippen LogP contribution in [0.15, 0.2) is 53.5 Å². The lowest BCUT2D eigenvalue weighted by Crippen LogP contribution is -2.70. The zero-order valence-corrected chi connectivity index (χ0v) is 36.2. The lowest BCUT2D eigenvalue weighted by molar-refractivity contribution is -0.571. The number of hydrogen-bond donors (Lipinski definition) is 0. The van der Waals surface area contributed by atoms with Crippen LogP contribution in [0.2, 0.25) is 0 Å². The molecular formula is C46H64O11S. The molecule has 0 amide bonds. The lowest BCUT2D eigenvalue weighted by atomic mass is 9.57. The Labute approximate surface area is 344 Å². The maximum atomic E-state index is 14.2. The third kappa shape index (κ3) is 6.57. The fraction of sp³-hybridized carbons (Fsp3) is 0.761.